The Balaban J connectivity index is 0.000000137. The van der Waals surface area contributed by atoms with Crippen molar-refractivity contribution in [2.75, 3.05) is 7.11 Å². The fraction of sp³-hybridized carbons (Fsp3) is 0.155. The van der Waals surface area contributed by atoms with Crippen molar-refractivity contribution < 1.29 is 43.5 Å². The van der Waals surface area contributed by atoms with Gasteiger partial charge in [0.15, 0.2) is 0 Å². The first-order valence-electron chi connectivity index (χ1n) is 39.5. The van der Waals surface area contributed by atoms with Gasteiger partial charge in [-0.05, 0) is 134 Å². The molecule has 0 atom stereocenters. The topological polar surface area (TPSA) is 158 Å². The largest absolute Gasteiger partial charge is 0.0622 e. The van der Waals surface area contributed by atoms with E-state index in [9.17, 15) is 27.6 Å². The van der Waals surface area contributed by atoms with Crippen molar-refractivity contribution in [3.05, 3.63) is 389 Å². The summed E-state index contributed by atoms with van der Waals surface area (Å²) in [7, 11) is 15.1. The van der Waals surface area contributed by atoms with Gasteiger partial charge in [0.25, 0.3) is 16.7 Å². The summed E-state index contributed by atoms with van der Waals surface area (Å²) in [5, 5.41) is 30.7. The number of aromatic nitrogens is 9. The van der Waals surface area contributed by atoms with Crippen LogP contribution in [0.25, 0.3) is 69.4 Å². The summed E-state index contributed by atoms with van der Waals surface area (Å²) >= 11 is 8.22. The van der Waals surface area contributed by atoms with Crippen molar-refractivity contribution in [2.45, 2.75) is 71.9 Å². The molecular weight excluding hydrogens is 1870 g/mol. The Morgan fingerprint density at radius 1 is 0.448 bits per heavy atom. The number of hydrogen-bond donors (Lipinski definition) is 1. The van der Waals surface area contributed by atoms with Crippen molar-refractivity contribution in [1.29, 1.82) is 0 Å². The molecule has 1 saturated heterocycles. The SMILES string of the molecule is C=CB1OC(C)(C)C(C)(C)O1.C=Cc1cc2c(s1)c1cnn(Cc3ccccc3F)c(=O)c1n2C.CCc1cc2c(s1)c1cnn(Cc3ccccc3F)c(=O)c1n2C.CO.Cn1c2cc(Br)sc2c2cnn(Cc3ccccc3F)c(=O)c21.[Cl][Pd][Cl].c1ccc(P(c2ccccc2)c2ccccc2)cc1.c1ccc(P(c2ccccc2)c2ccccc2)cc1. The minimum absolute atomic E-state index is 0.106. The molecule has 0 amide bonds. The zero-order valence-corrected chi connectivity index (χ0v) is 78.8. The van der Waals surface area contributed by atoms with Gasteiger partial charge >= 0.3 is 42.1 Å². The van der Waals surface area contributed by atoms with Crippen LogP contribution in [0.4, 0.5) is 13.2 Å². The summed E-state index contributed by atoms with van der Waals surface area (Å²) in [5.41, 5.74) is 5.05. The van der Waals surface area contributed by atoms with Crippen molar-refractivity contribution in [2.24, 2.45) is 21.1 Å². The van der Waals surface area contributed by atoms with Crippen LogP contribution >= 0.6 is 84.8 Å². The van der Waals surface area contributed by atoms with E-state index in [1.165, 1.54) is 68.9 Å². The number of aryl methyl sites for hydroxylation is 4. The van der Waals surface area contributed by atoms with Crippen molar-refractivity contribution in [3.63, 3.8) is 0 Å². The number of hydrogen-bond acceptors (Lipinski definition) is 12. The molecule has 642 valence electrons. The van der Waals surface area contributed by atoms with E-state index in [0.717, 1.165) is 69.0 Å². The summed E-state index contributed by atoms with van der Waals surface area (Å²) in [6.07, 6.45) is 7.85. The molecule has 0 bridgehead atoms. The fourth-order valence-electron chi connectivity index (χ4n) is 14.1. The zero-order chi connectivity index (χ0) is 89.1. The molecule has 1 N–H and O–H groups in total. The van der Waals surface area contributed by atoms with E-state index in [1.54, 1.807) is 119 Å². The predicted molar refractivity (Wildman–Crippen MR) is 521 cm³/mol. The van der Waals surface area contributed by atoms with Crippen LogP contribution in [0.15, 0.2) is 329 Å². The van der Waals surface area contributed by atoms with Crippen LogP contribution in [0, 0.1) is 17.5 Å². The van der Waals surface area contributed by atoms with Crippen LogP contribution in [-0.2, 0) is 72.4 Å². The van der Waals surface area contributed by atoms with E-state index in [-0.39, 0.29) is 88.0 Å². The molecule has 0 saturated carbocycles. The Morgan fingerprint density at radius 2 is 0.720 bits per heavy atom. The van der Waals surface area contributed by atoms with Gasteiger partial charge in [-0.1, -0.05) is 262 Å². The summed E-state index contributed by atoms with van der Waals surface area (Å²) in [6.45, 7) is 18.0. The summed E-state index contributed by atoms with van der Waals surface area (Å²) in [4.78, 5) is 40.8. The average molecular weight is 1960 g/mol. The molecule has 0 radical (unpaired) electrons. The van der Waals surface area contributed by atoms with Crippen molar-refractivity contribution in [1.82, 2.24) is 43.0 Å². The van der Waals surface area contributed by atoms with Crippen LogP contribution in [-0.4, -0.2) is 73.6 Å². The van der Waals surface area contributed by atoms with Crippen LogP contribution in [0.5, 0.6) is 0 Å². The third kappa shape index (κ3) is 22.0. The van der Waals surface area contributed by atoms with E-state index in [1.807, 2.05) is 74.7 Å². The summed E-state index contributed by atoms with van der Waals surface area (Å²) in [6, 6.07) is 90.1. The monoisotopic (exact) mass is 1960 g/mol. The fourth-order valence-corrected chi connectivity index (χ4v) is 22.5. The van der Waals surface area contributed by atoms with Gasteiger partial charge in [-0.15, -0.1) is 40.6 Å². The number of benzene rings is 9. The number of thiophene rings is 3. The molecule has 9 aromatic carbocycles. The molecule has 28 heteroatoms. The Kier molecular flexibility index (Phi) is 33.0. The number of aliphatic hydroxyl groups excluding tert-OH is 1. The first-order valence-corrected chi connectivity index (χ1v) is 49.5. The van der Waals surface area contributed by atoms with Crippen molar-refractivity contribution in [3.8, 4) is 0 Å². The van der Waals surface area contributed by atoms with Gasteiger partial charge in [0.2, 0.25) is 0 Å². The molecular formula is C97H90BBrCl2F3N9O6P2PdS3. The van der Waals surface area contributed by atoms with Gasteiger partial charge < -0.3 is 28.1 Å². The van der Waals surface area contributed by atoms with E-state index < -0.39 is 15.8 Å². The number of rotatable bonds is 15. The molecule has 19 rings (SSSR count). The van der Waals surface area contributed by atoms with E-state index >= 15 is 0 Å². The first kappa shape index (κ1) is 94.1. The molecule has 1 fully saturated rings. The molecule has 9 aromatic heterocycles. The molecule has 15 nitrogen and oxygen atoms in total. The molecule has 0 aliphatic carbocycles. The smallest absolute Gasteiger partial charge is 0.0134 e. The van der Waals surface area contributed by atoms with Gasteiger partial charge in [0, 0.05) is 70.9 Å². The number of nitrogens with zero attached hydrogens (tertiary/aromatic N) is 9. The predicted octanol–water partition coefficient (Wildman–Crippen LogP) is 21.1. The van der Waals surface area contributed by atoms with Crippen molar-refractivity contribution >= 4 is 193 Å². The van der Waals surface area contributed by atoms with E-state index in [2.05, 4.69) is 239 Å². The minimum Gasteiger partial charge on any atom is -0.0622 e. The normalized spacial score (nSPS) is 12.4. The Bertz CT molecular complexity index is 6570. The third-order valence-corrected chi connectivity index (χ3v) is 30.0. The zero-order valence-electron chi connectivity index (χ0n) is 69.9. The minimum atomic E-state index is -0.446. The molecule has 0 spiro atoms. The number of fused-ring (bicyclic) bond motifs is 9. The van der Waals surface area contributed by atoms with E-state index in [4.69, 9.17) is 33.5 Å². The van der Waals surface area contributed by atoms with Crippen LogP contribution in [0.3, 0.4) is 0 Å². The Hall–Kier alpha value is -10.1. The Morgan fingerprint density at radius 3 is 1.00 bits per heavy atom. The van der Waals surface area contributed by atoms with Crippen LogP contribution in [0.2, 0.25) is 0 Å². The standard InChI is InChI=1S/C18H16FN3OS.C18H14FN3OS.2C18H15P.C16H11BrFN3OS.C8H15BO2.CH4O.2ClH.Pd/c2*1-3-12-8-15-17(24-12)13-9-20-22(18(23)16(13)21(15)2)10-11-6-4-5-7-14(11)19;2*1-4-10-16(11-5-1)19(17-12-6-2-7-13-17)18-14-8-3-9-15-18;1-20-12-6-13(17)23-15(12)10-7-19-21(16(22)14(10)20)8-9-4-2-3-5-11(9)18;1-6-9-10-7(2,3)8(4,5)11-9;1-2;;;/h4-9H,3,10H2,1-2H3;3-9H,1,10H2,2H3;2*1-15H;2-7H,8H2,1H3;6H,1H2,2-5H3;2H,1H3;2*1H;/q;;;;;;;;;+2/p-2. The second-order valence-electron chi connectivity index (χ2n) is 29.3. The average Bonchev–Trinajstić information content (AvgIpc) is 1.60. The summed E-state index contributed by atoms with van der Waals surface area (Å²) < 4.78 is 66.4. The Labute approximate surface area is 762 Å². The molecule has 125 heavy (non-hydrogen) atoms. The second-order valence-corrected chi connectivity index (χ2v) is 40.7. The quantitative estimate of drug-likeness (QED) is 0.0779. The first-order chi connectivity index (χ1) is 60.5. The van der Waals surface area contributed by atoms with Gasteiger partial charge in [0.1, 0.15) is 34.0 Å². The van der Waals surface area contributed by atoms with Crippen LogP contribution in [0.1, 0.15) is 61.1 Å². The molecule has 10 heterocycles. The maximum Gasteiger partial charge on any atom is -0.0134 e. The molecule has 1 aliphatic heterocycles. The maximum atomic E-state index is 13.9. The second kappa shape index (κ2) is 43.9. The maximum absolute atomic E-state index is 13.9. The van der Waals surface area contributed by atoms with Gasteiger partial charge in [-0.3, -0.25) is 14.4 Å². The number of aliphatic hydroxyl groups is 1. The number of halogens is 6. The third-order valence-electron chi connectivity index (χ3n) is 21.0. The summed E-state index contributed by atoms with van der Waals surface area (Å²) in [5.74, 6) is 0.677. The van der Waals surface area contributed by atoms with Gasteiger partial charge in [-0.25, -0.2) is 27.2 Å². The van der Waals surface area contributed by atoms with E-state index in [0.29, 0.717) is 33.2 Å². The molecule has 1 aliphatic rings. The van der Waals surface area contributed by atoms with Gasteiger partial charge in [0.05, 0.1) is 83.9 Å². The molecule has 0 unspecified atom stereocenters. The van der Waals surface area contributed by atoms with Crippen LogP contribution < -0.4 is 48.5 Å². The molecule has 18 aromatic rings. The van der Waals surface area contributed by atoms with Gasteiger partial charge in [-0.2, -0.15) is 15.3 Å².